The van der Waals surface area contributed by atoms with E-state index in [0.29, 0.717) is 11.6 Å². The van der Waals surface area contributed by atoms with Gasteiger partial charge in [0.15, 0.2) is 0 Å². The highest BCUT2D eigenvalue weighted by Gasteiger charge is 2.10. The van der Waals surface area contributed by atoms with Crippen LogP contribution in [-0.2, 0) is 13.6 Å². The number of aryl methyl sites for hydroxylation is 1. The maximum absolute atomic E-state index is 6.32. The monoisotopic (exact) mass is 301 g/mol. The lowest BCUT2D eigenvalue weighted by molar-refractivity contribution is 0.738. The van der Waals surface area contributed by atoms with E-state index in [1.165, 1.54) is 0 Å². The zero-order valence-electron chi connectivity index (χ0n) is 11.9. The molecule has 0 aliphatic rings. The quantitative estimate of drug-likeness (QED) is 0.805. The average molecular weight is 302 g/mol. The van der Waals surface area contributed by atoms with Gasteiger partial charge in [-0.3, -0.25) is 4.68 Å². The summed E-state index contributed by atoms with van der Waals surface area (Å²) in [7, 11) is 1.94. The summed E-state index contributed by atoms with van der Waals surface area (Å²) in [5.41, 5.74) is 4.09. The highest BCUT2D eigenvalue weighted by atomic mass is 35.5. The lowest BCUT2D eigenvalue weighted by atomic mass is 10.2. The van der Waals surface area contributed by atoms with Crippen LogP contribution in [0.2, 0.25) is 5.02 Å². The van der Waals surface area contributed by atoms with Crippen LogP contribution in [0.1, 0.15) is 11.3 Å². The van der Waals surface area contributed by atoms with Gasteiger partial charge in [-0.15, -0.1) is 0 Å². The number of anilines is 1. The third kappa shape index (κ3) is 2.64. The van der Waals surface area contributed by atoms with Gasteiger partial charge in [-0.05, 0) is 25.1 Å². The number of para-hydroxylation sites is 1. The Balaban J connectivity index is 1.89. The van der Waals surface area contributed by atoms with Crippen molar-refractivity contribution in [1.82, 2.24) is 19.6 Å². The summed E-state index contributed by atoms with van der Waals surface area (Å²) >= 11 is 6.32. The molecule has 0 spiro atoms. The molecule has 0 saturated carbocycles. The van der Waals surface area contributed by atoms with Gasteiger partial charge in [0.1, 0.15) is 5.69 Å². The molecule has 5 nitrogen and oxygen atoms in total. The molecule has 0 radical (unpaired) electrons. The number of hydrogen-bond donors (Lipinski definition) is 1. The summed E-state index contributed by atoms with van der Waals surface area (Å²) < 4.78 is 3.63. The molecule has 0 saturated heterocycles. The van der Waals surface area contributed by atoms with E-state index in [-0.39, 0.29) is 0 Å². The second-order valence-corrected chi connectivity index (χ2v) is 5.23. The normalized spacial score (nSPS) is 10.8. The van der Waals surface area contributed by atoms with Crippen molar-refractivity contribution in [3.05, 3.63) is 59.1 Å². The van der Waals surface area contributed by atoms with Crippen molar-refractivity contribution in [2.24, 2.45) is 7.05 Å². The fraction of sp³-hybridized carbons (Fsp3) is 0.200. The van der Waals surface area contributed by atoms with E-state index in [0.717, 1.165) is 22.6 Å². The van der Waals surface area contributed by atoms with Crippen LogP contribution >= 0.6 is 11.6 Å². The summed E-state index contributed by atoms with van der Waals surface area (Å²) in [5, 5.41) is 12.6. The smallest absolute Gasteiger partial charge is 0.106 e. The lowest BCUT2D eigenvalue weighted by Crippen LogP contribution is -2.06. The van der Waals surface area contributed by atoms with E-state index in [1.807, 2.05) is 48.4 Å². The number of nitrogens with one attached hydrogen (secondary N) is 1. The third-order valence-corrected chi connectivity index (χ3v) is 3.83. The number of aromatic nitrogens is 4. The second-order valence-electron chi connectivity index (χ2n) is 4.82. The molecule has 2 aromatic heterocycles. The first-order chi connectivity index (χ1) is 10.2. The molecule has 0 unspecified atom stereocenters. The van der Waals surface area contributed by atoms with Crippen molar-refractivity contribution in [2.75, 3.05) is 5.32 Å². The Morgan fingerprint density at radius 3 is 2.76 bits per heavy atom. The molecular weight excluding hydrogens is 286 g/mol. The molecule has 1 aromatic carbocycles. The summed E-state index contributed by atoms with van der Waals surface area (Å²) in [6.45, 7) is 2.74. The van der Waals surface area contributed by atoms with Crippen LogP contribution in [-0.4, -0.2) is 19.6 Å². The van der Waals surface area contributed by atoms with Crippen molar-refractivity contribution < 1.29 is 0 Å². The maximum Gasteiger partial charge on any atom is 0.106 e. The molecule has 0 fully saturated rings. The molecule has 3 rings (SSSR count). The van der Waals surface area contributed by atoms with Gasteiger partial charge >= 0.3 is 0 Å². The summed E-state index contributed by atoms with van der Waals surface area (Å²) in [4.78, 5) is 0. The van der Waals surface area contributed by atoms with Crippen molar-refractivity contribution in [1.29, 1.82) is 0 Å². The van der Waals surface area contributed by atoms with Crippen molar-refractivity contribution in [3.8, 4) is 5.69 Å². The minimum absolute atomic E-state index is 0.659. The SMILES string of the molecule is Cc1c(CNc2cccc(Cl)c2-n2cccn2)cnn1C. The predicted molar refractivity (Wildman–Crippen MR) is 83.8 cm³/mol. The van der Waals surface area contributed by atoms with Gasteiger partial charge in [0.05, 0.1) is 16.9 Å². The van der Waals surface area contributed by atoms with E-state index in [2.05, 4.69) is 22.4 Å². The fourth-order valence-corrected chi connectivity index (χ4v) is 2.46. The Bertz CT molecular complexity index is 746. The minimum Gasteiger partial charge on any atom is -0.379 e. The molecule has 6 heteroatoms. The van der Waals surface area contributed by atoms with E-state index >= 15 is 0 Å². The minimum atomic E-state index is 0.659. The van der Waals surface area contributed by atoms with E-state index in [4.69, 9.17) is 11.6 Å². The first-order valence-corrected chi connectivity index (χ1v) is 7.04. The van der Waals surface area contributed by atoms with Crippen LogP contribution in [0.4, 0.5) is 5.69 Å². The van der Waals surface area contributed by atoms with Crippen LogP contribution in [0.15, 0.2) is 42.9 Å². The molecular formula is C15H16ClN5. The highest BCUT2D eigenvalue weighted by molar-refractivity contribution is 6.33. The summed E-state index contributed by atoms with van der Waals surface area (Å²) in [6.07, 6.45) is 5.49. The molecule has 0 amide bonds. The molecule has 0 aliphatic carbocycles. The number of rotatable bonds is 4. The van der Waals surface area contributed by atoms with Crippen molar-refractivity contribution >= 4 is 17.3 Å². The molecule has 0 bridgehead atoms. The maximum atomic E-state index is 6.32. The lowest BCUT2D eigenvalue weighted by Gasteiger charge is -2.13. The fourth-order valence-electron chi connectivity index (χ4n) is 2.20. The van der Waals surface area contributed by atoms with Gasteiger partial charge < -0.3 is 5.32 Å². The zero-order valence-corrected chi connectivity index (χ0v) is 12.7. The highest BCUT2D eigenvalue weighted by Crippen LogP contribution is 2.28. The van der Waals surface area contributed by atoms with Crippen molar-refractivity contribution in [3.63, 3.8) is 0 Å². The van der Waals surface area contributed by atoms with Crippen LogP contribution in [0.5, 0.6) is 0 Å². The Morgan fingerprint density at radius 2 is 2.10 bits per heavy atom. The van der Waals surface area contributed by atoms with Gasteiger partial charge in [-0.25, -0.2) is 4.68 Å². The Labute approximate surface area is 128 Å². The Hall–Kier alpha value is -2.27. The van der Waals surface area contributed by atoms with E-state index in [9.17, 15) is 0 Å². The Kier molecular flexibility index (Phi) is 3.66. The molecule has 21 heavy (non-hydrogen) atoms. The number of halogens is 1. The van der Waals surface area contributed by atoms with Crippen LogP contribution in [0.3, 0.4) is 0 Å². The first kappa shape index (κ1) is 13.7. The molecule has 3 aromatic rings. The largest absolute Gasteiger partial charge is 0.379 e. The molecule has 0 atom stereocenters. The number of nitrogens with zero attached hydrogens (tertiary/aromatic N) is 4. The summed E-state index contributed by atoms with van der Waals surface area (Å²) in [5.74, 6) is 0. The third-order valence-electron chi connectivity index (χ3n) is 3.53. The number of benzene rings is 1. The van der Waals surface area contributed by atoms with Gasteiger partial charge in [0.2, 0.25) is 0 Å². The van der Waals surface area contributed by atoms with Gasteiger partial charge in [-0.1, -0.05) is 17.7 Å². The van der Waals surface area contributed by atoms with Gasteiger partial charge in [0.25, 0.3) is 0 Å². The molecule has 1 N–H and O–H groups in total. The van der Waals surface area contributed by atoms with Gasteiger partial charge in [-0.2, -0.15) is 10.2 Å². The van der Waals surface area contributed by atoms with Crippen LogP contribution in [0, 0.1) is 6.92 Å². The molecule has 108 valence electrons. The van der Waals surface area contributed by atoms with Crippen LogP contribution in [0.25, 0.3) is 5.69 Å². The van der Waals surface area contributed by atoms with Crippen molar-refractivity contribution in [2.45, 2.75) is 13.5 Å². The summed E-state index contributed by atoms with van der Waals surface area (Å²) in [6, 6.07) is 7.65. The van der Waals surface area contributed by atoms with Gasteiger partial charge in [0, 0.05) is 37.2 Å². The first-order valence-electron chi connectivity index (χ1n) is 6.66. The predicted octanol–water partition coefficient (Wildman–Crippen LogP) is 3.18. The standard InChI is InChI=1S/C15H16ClN5/c1-11-12(10-19-20(11)2)9-17-14-6-3-5-13(16)15(14)21-8-4-7-18-21/h3-8,10,17H,9H2,1-2H3. The van der Waals surface area contributed by atoms with Crippen LogP contribution < -0.4 is 5.32 Å². The zero-order chi connectivity index (χ0) is 14.8. The Morgan fingerprint density at radius 1 is 1.24 bits per heavy atom. The average Bonchev–Trinajstić information content (AvgIpc) is 3.09. The molecule has 2 heterocycles. The molecule has 0 aliphatic heterocycles. The van der Waals surface area contributed by atoms with E-state index < -0.39 is 0 Å². The number of hydrogen-bond acceptors (Lipinski definition) is 3. The second kappa shape index (κ2) is 5.61. The van der Waals surface area contributed by atoms with E-state index in [1.54, 1.807) is 10.9 Å². The topological polar surface area (TPSA) is 47.7 Å².